The molecule has 1 rings (SSSR count). The lowest BCUT2D eigenvalue weighted by Gasteiger charge is -2.23. The highest BCUT2D eigenvalue weighted by molar-refractivity contribution is 5.94. The molecule has 1 aromatic rings. The number of unbranched alkanes of at least 4 members (excludes halogenated alkanes) is 16. The minimum atomic E-state index is -0.286. The van der Waals surface area contributed by atoms with Crippen LogP contribution in [0.15, 0.2) is 24.3 Å². The van der Waals surface area contributed by atoms with Crippen molar-refractivity contribution >= 4 is 5.91 Å². The number of carbonyl (C=O) groups excluding carboxylic acids is 1. The van der Waals surface area contributed by atoms with Gasteiger partial charge >= 0.3 is 0 Å². The summed E-state index contributed by atoms with van der Waals surface area (Å²) in [5.74, 6) is -0.227. The van der Waals surface area contributed by atoms with Crippen LogP contribution in [0.25, 0.3) is 0 Å². The minimum Gasteiger partial charge on any atom is -0.339 e. The van der Waals surface area contributed by atoms with E-state index in [0.29, 0.717) is 5.56 Å². The van der Waals surface area contributed by atoms with E-state index < -0.39 is 0 Å². The van der Waals surface area contributed by atoms with Crippen molar-refractivity contribution in [3.05, 3.63) is 35.6 Å². The first-order valence-electron chi connectivity index (χ1n) is 13.7. The molecule has 0 radical (unpaired) electrons. The van der Waals surface area contributed by atoms with E-state index in [1.807, 2.05) is 4.90 Å². The van der Waals surface area contributed by atoms with Crippen LogP contribution in [-0.2, 0) is 0 Å². The van der Waals surface area contributed by atoms with Crippen molar-refractivity contribution in [3.8, 4) is 0 Å². The lowest BCUT2D eigenvalue weighted by atomic mass is 10.1. The van der Waals surface area contributed by atoms with Crippen LogP contribution in [0, 0.1) is 5.82 Å². The lowest BCUT2D eigenvalue weighted by Crippen LogP contribution is -2.33. The maximum atomic E-state index is 13.3. The molecule has 0 aliphatic carbocycles. The van der Waals surface area contributed by atoms with Gasteiger partial charge < -0.3 is 4.90 Å². The second-order valence-corrected chi connectivity index (χ2v) is 9.46. The van der Waals surface area contributed by atoms with Gasteiger partial charge in [0.1, 0.15) is 5.82 Å². The monoisotopic (exact) mass is 447 g/mol. The number of rotatable bonds is 21. The first-order chi connectivity index (χ1) is 15.7. The molecule has 32 heavy (non-hydrogen) atoms. The van der Waals surface area contributed by atoms with E-state index in [9.17, 15) is 9.18 Å². The molecule has 0 N–H and O–H groups in total. The van der Waals surface area contributed by atoms with Gasteiger partial charge in [0.15, 0.2) is 0 Å². The van der Waals surface area contributed by atoms with Gasteiger partial charge in [-0.25, -0.2) is 4.39 Å². The summed E-state index contributed by atoms with van der Waals surface area (Å²) in [7, 11) is 0. The zero-order valence-electron chi connectivity index (χ0n) is 21.2. The van der Waals surface area contributed by atoms with E-state index in [4.69, 9.17) is 0 Å². The summed E-state index contributed by atoms with van der Waals surface area (Å²) in [5.41, 5.74) is 0.609. The van der Waals surface area contributed by atoms with E-state index in [1.54, 1.807) is 12.1 Å². The van der Waals surface area contributed by atoms with Crippen molar-refractivity contribution in [1.29, 1.82) is 0 Å². The van der Waals surface area contributed by atoms with Gasteiger partial charge in [-0.1, -0.05) is 117 Å². The average Bonchev–Trinajstić information content (AvgIpc) is 2.80. The normalized spacial score (nSPS) is 11.1. The van der Waals surface area contributed by atoms with Gasteiger partial charge in [0.2, 0.25) is 0 Å². The van der Waals surface area contributed by atoms with Gasteiger partial charge in [0.25, 0.3) is 5.91 Å². The molecule has 2 nitrogen and oxygen atoms in total. The minimum absolute atomic E-state index is 0.0594. The van der Waals surface area contributed by atoms with Crippen molar-refractivity contribution in [2.45, 2.75) is 129 Å². The van der Waals surface area contributed by atoms with Gasteiger partial charge in [-0.2, -0.15) is 0 Å². The first-order valence-corrected chi connectivity index (χ1v) is 13.7. The van der Waals surface area contributed by atoms with Gasteiger partial charge in [-0.05, 0) is 37.1 Å². The fourth-order valence-corrected chi connectivity index (χ4v) is 4.32. The lowest BCUT2D eigenvalue weighted by molar-refractivity contribution is 0.0749. The summed E-state index contributed by atoms with van der Waals surface area (Å²) < 4.78 is 13.3. The van der Waals surface area contributed by atoms with Crippen LogP contribution >= 0.6 is 0 Å². The number of benzene rings is 1. The zero-order chi connectivity index (χ0) is 23.3. The van der Waals surface area contributed by atoms with Crippen LogP contribution in [0.5, 0.6) is 0 Å². The van der Waals surface area contributed by atoms with Gasteiger partial charge in [0.05, 0.1) is 0 Å². The van der Waals surface area contributed by atoms with E-state index in [0.717, 1.165) is 25.9 Å². The van der Waals surface area contributed by atoms with Crippen molar-refractivity contribution < 1.29 is 9.18 Å². The summed E-state index contributed by atoms with van der Waals surface area (Å²) in [6.07, 6.45) is 23.2. The molecule has 1 aromatic carbocycles. The largest absolute Gasteiger partial charge is 0.339 e. The van der Waals surface area contributed by atoms with Crippen molar-refractivity contribution in [1.82, 2.24) is 4.90 Å². The Bertz CT molecular complexity index is 535. The number of nitrogens with zero attached hydrogens (tertiary/aromatic N) is 1. The predicted molar refractivity (Wildman–Crippen MR) is 137 cm³/mol. The Kier molecular flexibility index (Phi) is 18.1. The maximum absolute atomic E-state index is 13.3. The van der Waals surface area contributed by atoms with E-state index in [2.05, 4.69) is 13.8 Å². The average molecular weight is 448 g/mol. The van der Waals surface area contributed by atoms with Crippen LogP contribution in [0.1, 0.15) is 140 Å². The standard InChI is InChI=1S/C29H50FNO/c1-3-5-7-9-11-13-15-17-19-25-31(29(32)27-21-23-28(30)24-22-27)26-20-18-16-14-12-10-8-6-4-2/h21-24H,3-20,25-26H2,1-2H3. The fourth-order valence-electron chi connectivity index (χ4n) is 4.32. The third kappa shape index (κ3) is 14.6. The Morgan fingerprint density at radius 1 is 0.594 bits per heavy atom. The van der Waals surface area contributed by atoms with Crippen molar-refractivity contribution in [2.75, 3.05) is 13.1 Å². The van der Waals surface area contributed by atoms with Crippen molar-refractivity contribution in [3.63, 3.8) is 0 Å². The topological polar surface area (TPSA) is 20.3 Å². The summed E-state index contributed by atoms with van der Waals surface area (Å²) in [6, 6.07) is 6.03. The number of carbonyl (C=O) groups is 1. The zero-order valence-corrected chi connectivity index (χ0v) is 21.2. The second-order valence-electron chi connectivity index (χ2n) is 9.46. The molecule has 1 amide bonds. The van der Waals surface area contributed by atoms with Crippen LogP contribution in [-0.4, -0.2) is 23.9 Å². The van der Waals surface area contributed by atoms with Crippen LogP contribution in [0.2, 0.25) is 0 Å². The Hall–Kier alpha value is -1.38. The van der Waals surface area contributed by atoms with Crippen LogP contribution in [0.4, 0.5) is 4.39 Å². The maximum Gasteiger partial charge on any atom is 0.253 e. The molecule has 184 valence electrons. The summed E-state index contributed by atoms with van der Waals surface area (Å²) in [4.78, 5) is 15.0. The molecule has 3 heteroatoms. The number of hydrogen-bond donors (Lipinski definition) is 0. The second kappa shape index (κ2) is 20.2. The van der Waals surface area contributed by atoms with E-state index in [-0.39, 0.29) is 11.7 Å². The fraction of sp³-hybridized carbons (Fsp3) is 0.759. The van der Waals surface area contributed by atoms with Gasteiger partial charge in [0, 0.05) is 18.7 Å². The molecule has 0 fully saturated rings. The highest BCUT2D eigenvalue weighted by Crippen LogP contribution is 2.14. The SMILES string of the molecule is CCCCCCCCCCCN(CCCCCCCCCCC)C(=O)c1ccc(F)cc1. The summed E-state index contributed by atoms with van der Waals surface area (Å²) in [5, 5.41) is 0. The number of halogens is 1. The highest BCUT2D eigenvalue weighted by Gasteiger charge is 2.15. The molecule has 0 bridgehead atoms. The van der Waals surface area contributed by atoms with E-state index in [1.165, 1.54) is 115 Å². The van der Waals surface area contributed by atoms with Gasteiger partial charge in [-0.15, -0.1) is 0 Å². The highest BCUT2D eigenvalue weighted by atomic mass is 19.1. The Balaban J connectivity index is 2.31. The summed E-state index contributed by atoms with van der Waals surface area (Å²) in [6.45, 7) is 6.16. The van der Waals surface area contributed by atoms with Crippen LogP contribution in [0.3, 0.4) is 0 Å². The molecule has 0 spiro atoms. The smallest absolute Gasteiger partial charge is 0.253 e. The molecule has 0 unspecified atom stereocenters. The molecule has 0 aromatic heterocycles. The summed E-state index contributed by atoms with van der Waals surface area (Å²) >= 11 is 0. The number of amides is 1. The molecular formula is C29H50FNO. The van der Waals surface area contributed by atoms with E-state index >= 15 is 0 Å². The Labute approximate surface area is 198 Å². The molecular weight excluding hydrogens is 397 g/mol. The molecule has 0 saturated carbocycles. The van der Waals surface area contributed by atoms with Gasteiger partial charge in [-0.3, -0.25) is 4.79 Å². The van der Waals surface area contributed by atoms with Crippen LogP contribution < -0.4 is 0 Å². The predicted octanol–water partition coefficient (Wildman–Crippen LogP) is 9.33. The Morgan fingerprint density at radius 2 is 0.938 bits per heavy atom. The molecule has 0 saturated heterocycles. The molecule has 0 aliphatic heterocycles. The molecule has 0 heterocycles. The number of hydrogen-bond acceptors (Lipinski definition) is 1. The molecule has 0 atom stereocenters. The first kappa shape index (κ1) is 28.7. The molecule has 0 aliphatic rings. The van der Waals surface area contributed by atoms with Crippen molar-refractivity contribution in [2.24, 2.45) is 0 Å². The quantitative estimate of drug-likeness (QED) is 0.172. The third-order valence-electron chi connectivity index (χ3n) is 6.44. The Morgan fingerprint density at radius 3 is 1.31 bits per heavy atom. The third-order valence-corrected chi connectivity index (χ3v) is 6.44.